The first-order valence-electron chi connectivity index (χ1n) is 5.80. The normalized spacial score (nSPS) is 10.7. The van der Waals surface area contributed by atoms with Crippen LogP contribution in [0.15, 0.2) is 22.7 Å². The lowest BCUT2D eigenvalue weighted by atomic mass is 10.2. The predicted molar refractivity (Wildman–Crippen MR) is 79.7 cm³/mol. The third-order valence-electron chi connectivity index (χ3n) is 2.66. The summed E-state index contributed by atoms with van der Waals surface area (Å²) in [6, 6.07) is 6.13. The van der Waals surface area contributed by atoms with Gasteiger partial charge in [-0.25, -0.2) is 0 Å². The number of hydrogen-bond acceptors (Lipinski definition) is 3. The maximum absolute atomic E-state index is 5.99. The molecule has 0 aromatic heterocycles. The quantitative estimate of drug-likeness (QED) is 0.680. The van der Waals surface area contributed by atoms with Crippen molar-refractivity contribution >= 4 is 33.2 Å². The molecule has 0 aliphatic heterocycles. The first kappa shape index (κ1) is 15.8. The van der Waals surface area contributed by atoms with Crippen molar-refractivity contribution in [3.63, 3.8) is 0 Å². The molecule has 1 aromatic carbocycles. The van der Waals surface area contributed by atoms with E-state index in [1.54, 1.807) is 14.2 Å². The van der Waals surface area contributed by atoms with Crippen LogP contribution in [0.3, 0.4) is 0 Å². The van der Waals surface area contributed by atoms with E-state index in [9.17, 15) is 0 Å². The molecule has 0 aliphatic rings. The van der Waals surface area contributed by atoms with E-state index in [0.29, 0.717) is 19.1 Å². The van der Waals surface area contributed by atoms with Crippen molar-refractivity contribution in [3.8, 4) is 0 Å². The summed E-state index contributed by atoms with van der Waals surface area (Å²) in [4.78, 5) is 2.23. The summed E-state index contributed by atoms with van der Waals surface area (Å²) < 4.78 is 11.3. The maximum atomic E-state index is 5.99. The number of benzene rings is 1. The van der Waals surface area contributed by atoms with E-state index in [1.807, 2.05) is 12.1 Å². The summed E-state index contributed by atoms with van der Waals surface area (Å²) >= 11 is 9.49. The van der Waals surface area contributed by atoms with Gasteiger partial charge < -0.3 is 14.4 Å². The molecule has 0 heterocycles. The zero-order valence-corrected chi connectivity index (χ0v) is 13.1. The van der Waals surface area contributed by atoms with E-state index < -0.39 is 0 Å². The lowest BCUT2D eigenvalue weighted by molar-refractivity contribution is 0.190. The average molecular weight is 337 g/mol. The van der Waals surface area contributed by atoms with Crippen LogP contribution in [-0.4, -0.2) is 40.5 Å². The third-order valence-corrected chi connectivity index (χ3v) is 3.44. The monoisotopic (exact) mass is 335 g/mol. The van der Waals surface area contributed by atoms with Crippen LogP contribution in [0.4, 0.5) is 5.69 Å². The minimum Gasteiger partial charge on any atom is -0.383 e. The van der Waals surface area contributed by atoms with Crippen molar-refractivity contribution in [1.29, 1.82) is 0 Å². The molecule has 3 nitrogen and oxygen atoms in total. The fourth-order valence-electron chi connectivity index (χ4n) is 1.70. The Bertz CT molecular complexity index is 355. The Labute approximate surface area is 122 Å². The van der Waals surface area contributed by atoms with Gasteiger partial charge in [-0.05, 0) is 17.7 Å². The minimum atomic E-state index is 0.499. The molecule has 1 rings (SSSR count). The van der Waals surface area contributed by atoms with Gasteiger partial charge in [-0.3, -0.25) is 0 Å². The minimum absolute atomic E-state index is 0.499. The van der Waals surface area contributed by atoms with Crippen LogP contribution in [0.2, 0.25) is 0 Å². The van der Waals surface area contributed by atoms with Gasteiger partial charge in [0.15, 0.2) is 0 Å². The van der Waals surface area contributed by atoms with Crippen molar-refractivity contribution in [2.45, 2.75) is 5.88 Å². The highest BCUT2D eigenvalue weighted by molar-refractivity contribution is 9.10. The highest BCUT2D eigenvalue weighted by Crippen LogP contribution is 2.26. The van der Waals surface area contributed by atoms with Crippen LogP contribution >= 0.6 is 27.5 Å². The molecule has 0 unspecified atom stereocenters. The molecule has 0 spiro atoms. The number of hydrogen-bond donors (Lipinski definition) is 0. The number of anilines is 1. The summed E-state index contributed by atoms with van der Waals surface area (Å²) in [7, 11) is 3.41. The molecular weight excluding hydrogens is 318 g/mol. The maximum Gasteiger partial charge on any atom is 0.0637 e. The highest BCUT2D eigenvalue weighted by Gasteiger charge is 2.11. The van der Waals surface area contributed by atoms with Crippen LogP contribution in [-0.2, 0) is 15.4 Å². The largest absolute Gasteiger partial charge is 0.383 e. The van der Waals surface area contributed by atoms with Gasteiger partial charge in [0, 0.05) is 43.3 Å². The molecule has 0 fully saturated rings. The van der Waals surface area contributed by atoms with Crippen molar-refractivity contribution in [2.24, 2.45) is 0 Å². The second kappa shape index (κ2) is 8.75. The molecule has 18 heavy (non-hydrogen) atoms. The smallest absolute Gasteiger partial charge is 0.0637 e. The number of ether oxygens (including phenoxy) is 2. The summed E-state index contributed by atoms with van der Waals surface area (Å²) in [5.74, 6) is 0.499. The van der Waals surface area contributed by atoms with Gasteiger partial charge in [-0.1, -0.05) is 22.0 Å². The molecule has 0 radical (unpaired) electrons. The Morgan fingerprint density at radius 3 is 2.28 bits per heavy atom. The number of methoxy groups -OCH3 is 2. The van der Waals surface area contributed by atoms with E-state index in [2.05, 4.69) is 26.9 Å². The molecule has 5 heteroatoms. The fourth-order valence-corrected chi connectivity index (χ4v) is 2.28. The van der Waals surface area contributed by atoms with Gasteiger partial charge in [0.2, 0.25) is 0 Å². The second-order valence-electron chi connectivity index (χ2n) is 3.88. The molecule has 102 valence electrons. The first-order chi connectivity index (χ1) is 8.72. The Balaban J connectivity index is 2.90. The Morgan fingerprint density at radius 2 is 1.78 bits per heavy atom. The van der Waals surface area contributed by atoms with E-state index in [4.69, 9.17) is 21.1 Å². The highest BCUT2D eigenvalue weighted by atomic mass is 79.9. The molecule has 0 atom stereocenters. The Hall–Kier alpha value is -0.290. The standard InChI is InChI=1S/C13H19BrClNO2/c1-17-7-5-16(6-8-18-2)13-9-12(14)4-3-11(13)10-15/h3-4,9H,5-8,10H2,1-2H3. The topological polar surface area (TPSA) is 21.7 Å². The number of halogens is 2. The lowest BCUT2D eigenvalue weighted by Gasteiger charge is -2.26. The van der Waals surface area contributed by atoms with Crippen molar-refractivity contribution < 1.29 is 9.47 Å². The fraction of sp³-hybridized carbons (Fsp3) is 0.538. The number of rotatable bonds is 8. The van der Waals surface area contributed by atoms with E-state index in [1.165, 1.54) is 0 Å². The average Bonchev–Trinajstić information content (AvgIpc) is 2.39. The van der Waals surface area contributed by atoms with Crippen molar-refractivity contribution in [1.82, 2.24) is 0 Å². The van der Waals surface area contributed by atoms with Crippen molar-refractivity contribution in [3.05, 3.63) is 28.2 Å². The van der Waals surface area contributed by atoms with E-state index in [0.717, 1.165) is 28.8 Å². The van der Waals surface area contributed by atoms with Gasteiger partial charge in [-0.2, -0.15) is 0 Å². The summed E-state index contributed by atoms with van der Waals surface area (Å²) in [6.45, 7) is 3.00. The van der Waals surface area contributed by atoms with Gasteiger partial charge in [-0.15, -0.1) is 11.6 Å². The number of alkyl halides is 1. The first-order valence-corrected chi connectivity index (χ1v) is 7.13. The Morgan fingerprint density at radius 1 is 1.17 bits per heavy atom. The number of nitrogens with zero attached hydrogens (tertiary/aromatic N) is 1. The summed E-state index contributed by atoms with van der Waals surface area (Å²) in [5, 5.41) is 0. The van der Waals surface area contributed by atoms with Crippen LogP contribution in [0, 0.1) is 0 Å². The molecule has 0 saturated heterocycles. The van der Waals surface area contributed by atoms with Crippen LogP contribution in [0.25, 0.3) is 0 Å². The zero-order valence-electron chi connectivity index (χ0n) is 10.8. The van der Waals surface area contributed by atoms with E-state index in [-0.39, 0.29) is 0 Å². The molecule has 0 amide bonds. The zero-order chi connectivity index (χ0) is 13.4. The van der Waals surface area contributed by atoms with Gasteiger partial charge in [0.1, 0.15) is 0 Å². The Kier molecular flexibility index (Phi) is 7.66. The van der Waals surface area contributed by atoms with Gasteiger partial charge >= 0.3 is 0 Å². The lowest BCUT2D eigenvalue weighted by Crippen LogP contribution is -2.31. The van der Waals surface area contributed by atoms with Gasteiger partial charge in [0.25, 0.3) is 0 Å². The van der Waals surface area contributed by atoms with Crippen LogP contribution < -0.4 is 4.90 Å². The van der Waals surface area contributed by atoms with Crippen LogP contribution in [0.1, 0.15) is 5.56 Å². The summed E-state index contributed by atoms with van der Waals surface area (Å²) in [5.41, 5.74) is 2.25. The third kappa shape index (κ3) is 4.76. The second-order valence-corrected chi connectivity index (χ2v) is 5.06. The van der Waals surface area contributed by atoms with Crippen molar-refractivity contribution in [2.75, 3.05) is 45.4 Å². The van der Waals surface area contributed by atoms with Gasteiger partial charge in [0.05, 0.1) is 13.2 Å². The predicted octanol–water partition coefficient (Wildman–Crippen LogP) is 3.29. The van der Waals surface area contributed by atoms with E-state index >= 15 is 0 Å². The molecule has 0 N–H and O–H groups in total. The SMILES string of the molecule is COCCN(CCOC)c1cc(Br)ccc1CCl. The van der Waals surface area contributed by atoms with Crippen LogP contribution in [0.5, 0.6) is 0 Å². The molecule has 0 aliphatic carbocycles. The molecule has 0 saturated carbocycles. The molecule has 1 aromatic rings. The summed E-state index contributed by atoms with van der Waals surface area (Å²) in [6.07, 6.45) is 0. The molecular formula is C13H19BrClNO2. The molecule has 0 bridgehead atoms.